The second kappa shape index (κ2) is 10.3. The molecule has 1 aromatic heterocycles. The van der Waals surface area contributed by atoms with E-state index in [2.05, 4.69) is 10.3 Å². The third kappa shape index (κ3) is 5.33. The number of carbonyl (C=O) groups excluding carboxylic acids is 1. The number of rotatable bonds is 6. The van der Waals surface area contributed by atoms with Crippen molar-refractivity contribution in [3.63, 3.8) is 0 Å². The average molecular weight is 381 g/mol. The summed E-state index contributed by atoms with van der Waals surface area (Å²) in [4.78, 5) is 29.0. The molecule has 0 radical (unpaired) electrons. The quantitative estimate of drug-likeness (QED) is 0.790. The highest BCUT2D eigenvalue weighted by Gasteiger charge is 2.22. The second-order valence-electron chi connectivity index (χ2n) is 6.89. The Morgan fingerprint density at radius 3 is 2.58 bits per heavy atom. The Morgan fingerprint density at radius 1 is 1.35 bits per heavy atom. The predicted molar refractivity (Wildman–Crippen MR) is 105 cm³/mol. The Bertz CT molecular complexity index is 715. The smallest absolute Gasteiger partial charge is 0.266 e. The van der Waals surface area contributed by atoms with E-state index in [1.165, 1.54) is 6.42 Å². The van der Waals surface area contributed by atoms with E-state index in [1.807, 2.05) is 24.9 Å². The van der Waals surface area contributed by atoms with Crippen LogP contribution in [0.15, 0.2) is 4.79 Å². The van der Waals surface area contributed by atoms with E-state index in [0.29, 0.717) is 24.3 Å². The van der Waals surface area contributed by atoms with Gasteiger partial charge in [0.25, 0.3) is 5.56 Å². The van der Waals surface area contributed by atoms with Crippen LogP contribution in [0.25, 0.3) is 0 Å². The van der Waals surface area contributed by atoms with Gasteiger partial charge in [-0.05, 0) is 70.2 Å². The number of piperidine rings is 1. The van der Waals surface area contributed by atoms with E-state index in [4.69, 9.17) is 5.26 Å². The number of aryl methyl sites for hydroxylation is 1. The highest BCUT2D eigenvalue weighted by Crippen LogP contribution is 2.21. The van der Waals surface area contributed by atoms with E-state index in [-0.39, 0.29) is 29.4 Å². The van der Waals surface area contributed by atoms with E-state index >= 15 is 0 Å². The number of aromatic nitrogens is 1. The maximum absolute atomic E-state index is 12.5. The van der Waals surface area contributed by atoms with Gasteiger partial charge in [-0.25, -0.2) is 0 Å². The van der Waals surface area contributed by atoms with Crippen LogP contribution < -0.4 is 10.9 Å². The zero-order valence-corrected chi connectivity index (χ0v) is 16.7. The number of pyridine rings is 1. The molecule has 0 unspecified atom stereocenters. The average Bonchev–Trinajstić information content (AvgIpc) is 2.60. The van der Waals surface area contributed by atoms with Gasteiger partial charge in [0.05, 0.1) is 0 Å². The predicted octanol–water partition coefficient (Wildman–Crippen LogP) is 2.07. The fourth-order valence-corrected chi connectivity index (χ4v) is 3.63. The summed E-state index contributed by atoms with van der Waals surface area (Å²) in [5.74, 6) is 0.869. The first kappa shape index (κ1) is 22.2. The first-order valence-electron chi connectivity index (χ1n) is 9.02. The number of nitriles is 1. The van der Waals surface area contributed by atoms with Crippen molar-refractivity contribution in [3.05, 3.63) is 32.7 Å². The zero-order valence-electron chi connectivity index (χ0n) is 15.9. The molecule has 0 aromatic carbocycles. The van der Waals surface area contributed by atoms with Crippen molar-refractivity contribution in [1.82, 2.24) is 15.2 Å². The Labute approximate surface area is 161 Å². The van der Waals surface area contributed by atoms with Crippen molar-refractivity contribution in [2.75, 3.05) is 26.7 Å². The monoisotopic (exact) mass is 380 g/mol. The molecule has 1 saturated heterocycles. The largest absolute Gasteiger partial charge is 0.343 e. The second-order valence-corrected chi connectivity index (χ2v) is 6.89. The molecule has 2 rings (SSSR count). The molecule has 1 aromatic rings. The maximum Gasteiger partial charge on any atom is 0.266 e. The first-order valence-corrected chi connectivity index (χ1v) is 9.02. The zero-order chi connectivity index (χ0) is 18.4. The molecular formula is C19H29ClN4O2. The SMILES string of the molecule is CNCCC1CCN(C(=O)CCc2c(C)[nH]c(=O)c(C#N)c2C)CC1.Cl. The Kier molecular flexibility index (Phi) is 8.83. The molecule has 0 aliphatic carbocycles. The van der Waals surface area contributed by atoms with E-state index in [1.54, 1.807) is 6.92 Å². The lowest BCUT2D eigenvalue weighted by atomic mass is 9.93. The molecule has 0 spiro atoms. The summed E-state index contributed by atoms with van der Waals surface area (Å²) >= 11 is 0. The number of carbonyl (C=O) groups is 1. The van der Waals surface area contributed by atoms with E-state index in [9.17, 15) is 9.59 Å². The highest BCUT2D eigenvalue weighted by atomic mass is 35.5. The molecule has 0 saturated carbocycles. The number of hydrogen-bond acceptors (Lipinski definition) is 4. The number of nitrogens with one attached hydrogen (secondary N) is 2. The van der Waals surface area contributed by atoms with Gasteiger partial charge >= 0.3 is 0 Å². The Morgan fingerprint density at radius 2 is 2.00 bits per heavy atom. The van der Waals surface area contributed by atoms with Gasteiger partial charge in [-0.15, -0.1) is 12.4 Å². The van der Waals surface area contributed by atoms with Crippen molar-refractivity contribution in [2.24, 2.45) is 5.92 Å². The molecule has 1 amide bonds. The number of halogens is 1. The van der Waals surface area contributed by atoms with Gasteiger partial charge < -0.3 is 15.2 Å². The van der Waals surface area contributed by atoms with Gasteiger partial charge in [0.15, 0.2) is 0 Å². The number of hydrogen-bond donors (Lipinski definition) is 2. The van der Waals surface area contributed by atoms with Gasteiger partial charge in [-0.3, -0.25) is 9.59 Å². The normalized spacial score (nSPS) is 14.6. The molecule has 1 fully saturated rings. The maximum atomic E-state index is 12.5. The number of nitrogens with zero attached hydrogens (tertiary/aromatic N) is 2. The Hall–Kier alpha value is -1.84. The minimum atomic E-state index is -0.351. The minimum absolute atomic E-state index is 0. The lowest BCUT2D eigenvalue weighted by Crippen LogP contribution is -2.39. The third-order valence-corrected chi connectivity index (χ3v) is 5.28. The van der Waals surface area contributed by atoms with Crippen LogP contribution in [0.2, 0.25) is 0 Å². The van der Waals surface area contributed by atoms with E-state index < -0.39 is 0 Å². The molecule has 26 heavy (non-hydrogen) atoms. The summed E-state index contributed by atoms with van der Waals surface area (Å²) in [5.41, 5.74) is 2.16. The van der Waals surface area contributed by atoms with Gasteiger partial charge in [0, 0.05) is 25.2 Å². The van der Waals surface area contributed by atoms with Crippen LogP contribution in [0.4, 0.5) is 0 Å². The van der Waals surface area contributed by atoms with Gasteiger partial charge in [0.1, 0.15) is 11.6 Å². The standard InChI is InChI=1S/C19H28N4O2.ClH/c1-13-16(14(2)22-19(25)17(13)12-20)4-5-18(24)23-10-7-15(8-11-23)6-9-21-3;/h15,21H,4-11H2,1-3H3,(H,22,25);1H. The van der Waals surface area contributed by atoms with Crippen molar-refractivity contribution >= 4 is 18.3 Å². The summed E-state index contributed by atoms with van der Waals surface area (Å²) in [5, 5.41) is 12.3. The molecule has 1 aliphatic heterocycles. The van der Waals surface area contributed by atoms with Crippen LogP contribution in [-0.4, -0.2) is 42.5 Å². The van der Waals surface area contributed by atoms with Crippen LogP contribution in [0, 0.1) is 31.1 Å². The minimum Gasteiger partial charge on any atom is -0.343 e. The number of likely N-dealkylation sites (tertiary alicyclic amines) is 1. The van der Waals surface area contributed by atoms with Gasteiger partial charge in [-0.1, -0.05) is 0 Å². The van der Waals surface area contributed by atoms with Crippen molar-refractivity contribution in [1.29, 1.82) is 5.26 Å². The molecule has 2 N–H and O–H groups in total. The lowest BCUT2D eigenvalue weighted by Gasteiger charge is -2.32. The van der Waals surface area contributed by atoms with Crippen LogP contribution in [0.1, 0.15) is 48.1 Å². The van der Waals surface area contributed by atoms with Crippen molar-refractivity contribution in [3.8, 4) is 6.07 Å². The lowest BCUT2D eigenvalue weighted by molar-refractivity contribution is -0.132. The van der Waals surface area contributed by atoms with Gasteiger partial charge in [-0.2, -0.15) is 5.26 Å². The summed E-state index contributed by atoms with van der Waals surface area (Å²) in [7, 11) is 1.97. The van der Waals surface area contributed by atoms with Crippen LogP contribution in [0.5, 0.6) is 0 Å². The summed E-state index contributed by atoms with van der Waals surface area (Å²) < 4.78 is 0. The highest BCUT2D eigenvalue weighted by molar-refractivity contribution is 5.85. The molecule has 7 heteroatoms. The fraction of sp³-hybridized carbons (Fsp3) is 0.632. The number of amides is 1. The summed E-state index contributed by atoms with van der Waals surface area (Å²) in [6.07, 6.45) is 4.29. The van der Waals surface area contributed by atoms with Gasteiger partial charge in [0.2, 0.25) is 5.91 Å². The molecular weight excluding hydrogens is 352 g/mol. The molecule has 2 heterocycles. The Balaban J connectivity index is 0.00000338. The summed E-state index contributed by atoms with van der Waals surface area (Å²) in [6, 6.07) is 1.96. The molecule has 6 nitrogen and oxygen atoms in total. The van der Waals surface area contributed by atoms with Crippen LogP contribution in [0.3, 0.4) is 0 Å². The van der Waals surface area contributed by atoms with Crippen LogP contribution >= 0.6 is 12.4 Å². The third-order valence-electron chi connectivity index (χ3n) is 5.28. The fourth-order valence-electron chi connectivity index (χ4n) is 3.63. The number of aromatic amines is 1. The molecule has 0 atom stereocenters. The molecule has 0 bridgehead atoms. The van der Waals surface area contributed by atoms with Crippen molar-refractivity contribution in [2.45, 2.75) is 46.0 Å². The van der Waals surface area contributed by atoms with Crippen LogP contribution in [-0.2, 0) is 11.2 Å². The topological polar surface area (TPSA) is 89.0 Å². The van der Waals surface area contributed by atoms with E-state index in [0.717, 1.165) is 43.7 Å². The molecule has 1 aliphatic rings. The summed E-state index contributed by atoms with van der Waals surface area (Å²) in [6.45, 7) is 6.31. The number of H-pyrrole nitrogens is 1. The van der Waals surface area contributed by atoms with Crippen molar-refractivity contribution < 1.29 is 4.79 Å². The molecule has 144 valence electrons. The first-order chi connectivity index (χ1) is 12.0.